The van der Waals surface area contributed by atoms with Gasteiger partial charge in [-0.15, -0.1) is 0 Å². The van der Waals surface area contributed by atoms with Crippen molar-refractivity contribution in [1.82, 2.24) is 0 Å². The number of rotatable bonds is 7. The van der Waals surface area contributed by atoms with Gasteiger partial charge >= 0.3 is 5.97 Å². The minimum absolute atomic E-state index is 0.00393. The number of hydrogen-bond donors (Lipinski definition) is 2. The maximum absolute atomic E-state index is 11.7. The highest BCUT2D eigenvalue weighted by Gasteiger charge is 2.06. The molecule has 5 nitrogen and oxygen atoms in total. The van der Waals surface area contributed by atoms with Crippen molar-refractivity contribution in [3.8, 4) is 11.5 Å². The van der Waals surface area contributed by atoms with Gasteiger partial charge in [-0.05, 0) is 61.7 Å². The lowest BCUT2D eigenvalue weighted by molar-refractivity contribution is -0.137. The number of anilines is 1. The molecule has 0 aromatic heterocycles. The number of amides is 1. The number of aliphatic carboxylic acids is 1. The zero-order valence-electron chi connectivity index (χ0n) is 13.8. The van der Waals surface area contributed by atoms with E-state index in [-0.39, 0.29) is 18.7 Å². The van der Waals surface area contributed by atoms with Crippen molar-refractivity contribution in [3.63, 3.8) is 0 Å². The fourth-order valence-electron chi connectivity index (χ4n) is 2.17. The average Bonchev–Trinajstić information content (AvgIpc) is 2.52. The summed E-state index contributed by atoms with van der Waals surface area (Å²) in [5.41, 5.74) is 2.83. The van der Waals surface area contributed by atoms with Gasteiger partial charge in [-0.25, -0.2) is 0 Å². The van der Waals surface area contributed by atoms with E-state index < -0.39 is 5.97 Å². The molecular formula is C19H21NO4. The molecule has 0 saturated heterocycles. The lowest BCUT2D eigenvalue weighted by atomic mass is 10.1. The number of hydrogen-bond acceptors (Lipinski definition) is 3. The monoisotopic (exact) mass is 327 g/mol. The van der Waals surface area contributed by atoms with Crippen molar-refractivity contribution in [2.75, 3.05) is 5.32 Å². The van der Waals surface area contributed by atoms with Crippen LogP contribution in [0.3, 0.4) is 0 Å². The summed E-state index contributed by atoms with van der Waals surface area (Å²) < 4.78 is 5.86. The topological polar surface area (TPSA) is 75.6 Å². The molecular weight excluding hydrogens is 306 g/mol. The maximum Gasteiger partial charge on any atom is 0.303 e. The smallest absolute Gasteiger partial charge is 0.303 e. The fourth-order valence-corrected chi connectivity index (χ4v) is 2.17. The number of benzene rings is 2. The third kappa shape index (κ3) is 5.43. The summed E-state index contributed by atoms with van der Waals surface area (Å²) >= 11 is 0. The van der Waals surface area contributed by atoms with Gasteiger partial charge in [0.05, 0.1) is 0 Å². The molecule has 1 amide bonds. The molecule has 0 spiro atoms. The van der Waals surface area contributed by atoms with Crippen LogP contribution in [-0.4, -0.2) is 17.0 Å². The van der Waals surface area contributed by atoms with E-state index in [1.165, 1.54) is 0 Å². The van der Waals surface area contributed by atoms with Crippen molar-refractivity contribution in [1.29, 1.82) is 0 Å². The number of carboxylic acids is 1. The first kappa shape index (κ1) is 17.5. The zero-order valence-corrected chi connectivity index (χ0v) is 13.8. The third-order valence-electron chi connectivity index (χ3n) is 3.50. The molecule has 2 aromatic carbocycles. The number of carbonyl (C=O) groups excluding carboxylic acids is 1. The molecule has 0 aliphatic heterocycles. The molecule has 0 atom stereocenters. The van der Waals surface area contributed by atoms with E-state index in [0.29, 0.717) is 17.9 Å². The van der Waals surface area contributed by atoms with Gasteiger partial charge in [0.1, 0.15) is 11.5 Å². The van der Waals surface area contributed by atoms with Gasteiger partial charge in [0.15, 0.2) is 0 Å². The molecule has 0 radical (unpaired) electrons. The van der Waals surface area contributed by atoms with Gasteiger partial charge < -0.3 is 15.2 Å². The fraction of sp³-hybridized carbons (Fsp3) is 0.263. The predicted octanol–water partition coefficient (Wildman–Crippen LogP) is 4.29. The highest BCUT2D eigenvalue weighted by Crippen LogP contribution is 2.27. The summed E-state index contributed by atoms with van der Waals surface area (Å²) in [6.07, 6.45) is 0.512. The second kappa shape index (κ2) is 8.15. The minimum Gasteiger partial charge on any atom is -0.481 e. The Morgan fingerprint density at radius 1 is 1.04 bits per heavy atom. The Morgan fingerprint density at radius 2 is 1.75 bits per heavy atom. The van der Waals surface area contributed by atoms with E-state index in [1.807, 2.05) is 32.0 Å². The van der Waals surface area contributed by atoms with Crippen LogP contribution in [0.2, 0.25) is 0 Å². The molecule has 2 N–H and O–H groups in total. The van der Waals surface area contributed by atoms with Crippen LogP contribution in [0.1, 0.15) is 30.4 Å². The quantitative estimate of drug-likeness (QED) is 0.795. The first-order chi connectivity index (χ1) is 11.4. The standard InChI is InChI=1S/C19H21NO4/c1-13-6-7-14(2)17(12-13)24-16-10-8-15(9-11-16)20-18(21)4-3-5-19(22)23/h6-12H,3-5H2,1-2H3,(H,20,21)(H,22,23). The van der Waals surface area contributed by atoms with E-state index in [0.717, 1.165) is 16.9 Å². The second-order valence-electron chi connectivity index (χ2n) is 5.69. The van der Waals surface area contributed by atoms with Crippen LogP contribution in [0.4, 0.5) is 5.69 Å². The summed E-state index contributed by atoms with van der Waals surface area (Å²) in [7, 11) is 0. The Labute approximate surface area is 141 Å². The maximum atomic E-state index is 11.7. The molecule has 0 heterocycles. The van der Waals surface area contributed by atoms with Crippen LogP contribution >= 0.6 is 0 Å². The highest BCUT2D eigenvalue weighted by molar-refractivity contribution is 5.90. The Kier molecular flexibility index (Phi) is 5.95. The molecule has 5 heteroatoms. The molecule has 126 valence electrons. The third-order valence-corrected chi connectivity index (χ3v) is 3.50. The summed E-state index contributed by atoms with van der Waals surface area (Å²) in [4.78, 5) is 22.1. The van der Waals surface area contributed by atoms with Crippen LogP contribution in [-0.2, 0) is 9.59 Å². The lowest BCUT2D eigenvalue weighted by Gasteiger charge is -2.10. The summed E-state index contributed by atoms with van der Waals surface area (Å²) in [5.74, 6) is 0.406. The van der Waals surface area contributed by atoms with E-state index in [1.54, 1.807) is 24.3 Å². The number of ether oxygens (including phenoxy) is 1. The Morgan fingerprint density at radius 3 is 2.42 bits per heavy atom. The summed E-state index contributed by atoms with van der Waals surface area (Å²) in [6, 6.07) is 13.1. The number of nitrogens with one attached hydrogen (secondary N) is 1. The van der Waals surface area contributed by atoms with Gasteiger partial charge in [-0.3, -0.25) is 9.59 Å². The SMILES string of the molecule is Cc1ccc(C)c(Oc2ccc(NC(=O)CCCC(=O)O)cc2)c1. The first-order valence-electron chi connectivity index (χ1n) is 7.81. The van der Waals surface area contributed by atoms with E-state index in [9.17, 15) is 9.59 Å². The highest BCUT2D eigenvalue weighted by atomic mass is 16.5. The zero-order chi connectivity index (χ0) is 17.5. The van der Waals surface area contributed by atoms with Gasteiger partial charge in [0, 0.05) is 18.5 Å². The Hall–Kier alpha value is -2.82. The Bertz CT molecular complexity index is 723. The van der Waals surface area contributed by atoms with Crippen LogP contribution in [0.25, 0.3) is 0 Å². The van der Waals surface area contributed by atoms with Crippen LogP contribution < -0.4 is 10.1 Å². The van der Waals surface area contributed by atoms with E-state index in [2.05, 4.69) is 5.32 Å². The van der Waals surface area contributed by atoms with Crippen molar-refractivity contribution in [2.45, 2.75) is 33.1 Å². The molecule has 0 fully saturated rings. The van der Waals surface area contributed by atoms with E-state index in [4.69, 9.17) is 9.84 Å². The predicted molar refractivity (Wildman–Crippen MR) is 92.5 cm³/mol. The summed E-state index contributed by atoms with van der Waals surface area (Å²) in [6.45, 7) is 4.00. The van der Waals surface area contributed by atoms with Crippen LogP contribution in [0, 0.1) is 13.8 Å². The van der Waals surface area contributed by atoms with E-state index >= 15 is 0 Å². The average molecular weight is 327 g/mol. The number of carboxylic acid groups (broad SMARTS) is 1. The Balaban J connectivity index is 1.92. The molecule has 24 heavy (non-hydrogen) atoms. The molecule has 2 aromatic rings. The molecule has 0 aliphatic rings. The molecule has 0 bridgehead atoms. The largest absolute Gasteiger partial charge is 0.481 e. The van der Waals surface area contributed by atoms with Gasteiger partial charge in [-0.1, -0.05) is 12.1 Å². The molecule has 2 rings (SSSR count). The van der Waals surface area contributed by atoms with Crippen molar-refractivity contribution in [3.05, 3.63) is 53.6 Å². The first-order valence-corrected chi connectivity index (χ1v) is 7.81. The van der Waals surface area contributed by atoms with Crippen molar-refractivity contribution in [2.24, 2.45) is 0 Å². The van der Waals surface area contributed by atoms with Crippen LogP contribution in [0.5, 0.6) is 11.5 Å². The molecule has 0 saturated carbocycles. The molecule has 0 aliphatic carbocycles. The van der Waals surface area contributed by atoms with Crippen molar-refractivity contribution < 1.29 is 19.4 Å². The molecule has 0 unspecified atom stereocenters. The number of carbonyl (C=O) groups is 2. The van der Waals surface area contributed by atoms with Crippen LogP contribution in [0.15, 0.2) is 42.5 Å². The van der Waals surface area contributed by atoms with Gasteiger partial charge in [0.2, 0.25) is 5.91 Å². The van der Waals surface area contributed by atoms with Crippen molar-refractivity contribution >= 4 is 17.6 Å². The number of aryl methyl sites for hydroxylation is 2. The van der Waals surface area contributed by atoms with Gasteiger partial charge in [0.25, 0.3) is 0 Å². The normalized spacial score (nSPS) is 10.2. The minimum atomic E-state index is -0.893. The second-order valence-corrected chi connectivity index (χ2v) is 5.69. The lowest BCUT2D eigenvalue weighted by Crippen LogP contribution is -2.11. The summed E-state index contributed by atoms with van der Waals surface area (Å²) in [5, 5.41) is 11.3. The van der Waals surface area contributed by atoms with Gasteiger partial charge in [-0.2, -0.15) is 0 Å².